The van der Waals surface area contributed by atoms with Crippen LogP contribution < -0.4 is 5.73 Å². The van der Waals surface area contributed by atoms with Crippen LogP contribution in [0.25, 0.3) is 0 Å². The van der Waals surface area contributed by atoms with Gasteiger partial charge in [-0.25, -0.2) is 0 Å². The van der Waals surface area contributed by atoms with Crippen LogP contribution in [0.1, 0.15) is 28.8 Å². The predicted octanol–water partition coefficient (Wildman–Crippen LogP) is 2.84. The number of carbonyl (C=O) groups excluding carboxylic acids is 1. The van der Waals surface area contributed by atoms with Crippen molar-refractivity contribution in [3.63, 3.8) is 0 Å². The molecule has 0 radical (unpaired) electrons. The fourth-order valence-electron chi connectivity index (χ4n) is 2.71. The van der Waals surface area contributed by atoms with Crippen LogP contribution in [0.4, 0.5) is 5.69 Å². The van der Waals surface area contributed by atoms with E-state index in [1.54, 1.807) is 7.11 Å². The van der Waals surface area contributed by atoms with Crippen LogP contribution in [0, 0.1) is 12.8 Å². The minimum Gasteiger partial charge on any atom is -0.398 e. The zero-order chi connectivity index (χ0) is 14.7. The van der Waals surface area contributed by atoms with Crippen molar-refractivity contribution in [1.29, 1.82) is 0 Å². The number of amides is 1. The van der Waals surface area contributed by atoms with E-state index in [-0.39, 0.29) is 5.91 Å². The van der Waals surface area contributed by atoms with Gasteiger partial charge in [0.2, 0.25) is 0 Å². The van der Waals surface area contributed by atoms with Crippen LogP contribution in [0.5, 0.6) is 0 Å². The monoisotopic (exact) mass is 340 g/mol. The molecule has 2 N–H and O–H groups in total. The molecule has 1 unspecified atom stereocenters. The highest BCUT2D eigenvalue weighted by atomic mass is 79.9. The standard InChI is InChI=1S/C15H21BrN2O2/c1-10-13(6-12(16)7-14(10)17)15(19)18-5-3-4-11(8-18)9-20-2/h6-7,11H,3-5,8-9,17H2,1-2H3. The summed E-state index contributed by atoms with van der Waals surface area (Å²) in [6.45, 7) is 4.18. The minimum atomic E-state index is 0.0660. The van der Waals surface area contributed by atoms with Gasteiger partial charge in [-0.05, 0) is 43.4 Å². The summed E-state index contributed by atoms with van der Waals surface area (Å²) < 4.78 is 6.05. The molecule has 5 heteroatoms. The van der Waals surface area contributed by atoms with E-state index in [1.807, 2.05) is 24.0 Å². The van der Waals surface area contributed by atoms with Gasteiger partial charge in [-0.15, -0.1) is 0 Å². The number of ether oxygens (including phenoxy) is 1. The third kappa shape index (κ3) is 3.33. The summed E-state index contributed by atoms with van der Waals surface area (Å²) >= 11 is 3.41. The van der Waals surface area contributed by atoms with Gasteiger partial charge in [-0.3, -0.25) is 4.79 Å². The lowest BCUT2D eigenvalue weighted by molar-refractivity contribution is 0.0570. The lowest BCUT2D eigenvalue weighted by Gasteiger charge is -2.33. The van der Waals surface area contributed by atoms with E-state index in [2.05, 4.69) is 15.9 Å². The molecule has 0 aromatic heterocycles. The Kier molecular flexibility index (Phi) is 5.05. The molecule has 1 amide bonds. The quantitative estimate of drug-likeness (QED) is 0.860. The summed E-state index contributed by atoms with van der Waals surface area (Å²) in [7, 11) is 1.71. The largest absolute Gasteiger partial charge is 0.398 e. The highest BCUT2D eigenvalue weighted by Gasteiger charge is 2.25. The van der Waals surface area contributed by atoms with E-state index in [9.17, 15) is 4.79 Å². The highest BCUT2D eigenvalue weighted by Crippen LogP contribution is 2.26. The summed E-state index contributed by atoms with van der Waals surface area (Å²) in [6, 6.07) is 3.68. The SMILES string of the molecule is COCC1CCCN(C(=O)c2cc(Br)cc(N)c2C)C1. The van der Waals surface area contributed by atoms with E-state index in [4.69, 9.17) is 10.5 Å². The van der Waals surface area contributed by atoms with Gasteiger partial charge < -0.3 is 15.4 Å². The molecule has 1 saturated heterocycles. The number of halogens is 1. The Bertz CT molecular complexity index is 503. The molecule has 1 aromatic carbocycles. The summed E-state index contributed by atoms with van der Waals surface area (Å²) in [6.07, 6.45) is 2.15. The van der Waals surface area contributed by atoms with Crippen LogP contribution in [0.3, 0.4) is 0 Å². The molecule has 0 spiro atoms. The first-order valence-corrected chi connectivity index (χ1v) is 7.66. The molecule has 1 aromatic rings. The number of carbonyl (C=O) groups is 1. The Hall–Kier alpha value is -1.07. The average Bonchev–Trinajstić information content (AvgIpc) is 2.43. The zero-order valence-electron chi connectivity index (χ0n) is 12.0. The molecule has 0 saturated carbocycles. The maximum Gasteiger partial charge on any atom is 0.254 e. The molecule has 0 bridgehead atoms. The fraction of sp³-hybridized carbons (Fsp3) is 0.533. The third-order valence-corrected chi connectivity index (χ3v) is 4.31. The van der Waals surface area contributed by atoms with Crippen LogP contribution in [-0.2, 0) is 4.74 Å². The van der Waals surface area contributed by atoms with Crippen LogP contribution in [0.2, 0.25) is 0 Å². The van der Waals surface area contributed by atoms with Crippen LogP contribution >= 0.6 is 15.9 Å². The van der Waals surface area contributed by atoms with Crippen molar-refractivity contribution in [3.8, 4) is 0 Å². The van der Waals surface area contributed by atoms with E-state index in [0.29, 0.717) is 23.8 Å². The highest BCUT2D eigenvalue weighted by molar-refractivity contribution is 9.10. The van der Waals surface area contributed by atoms with Gasteiger partial charge in [0.15, 0.2) is 0 Å². The van der Waals surface area contributed by atoms with Gasteiger partial charge in [0, 0.05) is 35.9 Å². The summed E-state index contributed by atoms with van der Waals surface area (Å²) in [4.78, 5) is 14.6. The van der Waals surface area contributed by atoms with Gasteiger partial charge in [0.1, 0.15) is 0 Å². The number of nitrogens with two attached hydrogens (primary N) is 1. The van der Waals surface area contributed by atoms with Crippen molar-refractivity contribution >= 4 is 27.5 Å². The van der Waals surface area contributed by atoms with Gasteiger partial charge in [-0.1, -0.05) is 15.9 Å². The Morgan fingerprint density at radius 3 is 3.00 bits per heavy atom. The molecule has 1 aliphatic heterocycles. The number of likely N-dealkylation sites (tertiary alicyclic amines) is 1. The lowest BCUT2D eigenvalue weighted by Crippen LogP contribution is -2.41. The van der Waals surface area contributed by atoms with E-state index < -0.39 is 0 Å². The van der Waals surface area contributed by atoms with E-state index >= 15 is 0 Å². The average molecular weight is 341 g/mol. The van der Waals surface area contributed by atoms with Crippen molar-refractivity contribution in [2.45, 2.75) is 19.8 Å². The minimum absolute atomic E-state index is 0.0660. The second kappa shape index (κ2) is 6.59. The predicted molar refractivity (Wildman–Crippen MR) is 83.8 cm³/mol. The number of nitrogens with zero attached hydrogens (tertiary/aromatic N) is 1. The first kappa shape index (κ1) is 15.3. The molecule has 2 rings (SSSR count). The summed E-state index contributed by atoms with van der Waals surface area (Å²) in [5, 5.41) is 0. The topological polar surface area (TPSA) is 55.6 Å². The summed E-state index contributed by atoms with van der Waals surface area (Å²) in [5.41, 5.74) is 8.13. The van der Waals surface area contributed by atoms with E-state index in [1.165, 1.54) is 0 Å². The number of hydrogen-bond acceptors (Lipinski definition) is 3. The molecule has 1 aliphatic rings. The molecular weight excluding hydrogens is 320 g/mol. The smallest absolute Gasteiger partial charge is 0.254 e. The Morgan fingerprint density at radius 2 is 2.30 bits per heavy atom. The normalized spacial score (nSPS) is 19.1. The number of rotatable bonds is 3. The number of anilines is 1. The molecule has 1 heterocycles. The lowest BCUT2D eigenvalue weighted by atomic mass is 9.97. The molecular formula is C15H21BrN2O2. The number of nitrogen functional groups attached to an aromatic ring is 1. The van der Waals surface area contributed by atoms with Crippen molar-refractivity contribution in [3.05, 3.63) is 27.7 Å². The second-order valence-corrected chi connectivity index (χ2v) is 6.30. The molecule has 1 fully saturated rings. The van der Waals surface area contributed by atoms with Crippen LogP contribution in [-0.4, -0.2) is 37.6 Å². The van der Waals surface area contributed by atoms with Crippen LogP contribution in [0.15, 0.2) is 16.6 Å². The maximum atomic E-state index is 12.7. The van der Waals surface area contributed by atoms with Gasteiger partial charge in [0.05, 0.1) is 6.61 Å². The number of methoxy groups -OCH3 is 1. The van der Waals surface area contributed by atoms with Crippen molar-refractivity contribution in [2.75, 3.05) is 32.5 Å². The molecule has 110 valence electrons. The van der Waals surface area contributed by atoms with E-state index in [0.717, 1.165) is 36.0 Å². The van der Waals surface area contributed by atoms with Gasteiger partial charge in [-0.2, -0.15) is 0 Å². The molecule has 4 nitrogen and oxygen atoms in total. The zero-order valence-corrected chi connectivity index (χ0v) is 13.6. The molecule has 0 aliphatic carbocycles. The van der Waals surface area contributed by atoms with Crippen molar-refractivity contribution in [2.24, 2.45) is 5.92 Å². The number of hydrogen-bond donors (Lipinski definition) is 1. The van der Waals surface area contributed by atoms with Gasteiger partial charge >= 0.3 is 0 Å². The fourth-order valence-corrected chi connectivity index (χ4v) is 3.19. The second-order valence-electron chi connectivity index (χ2n) is 5.38. The summed E-state index contributed by atoms with van der Waals surface area (Å²) in [5.74, 6) is 0.499. The number of benzene rings is 1. The number of piperidine rings is 1. The van der Waals surface area contributed by atoms with Crippen molar-refractivity contribution < 1.29 is 9.53 Å². The first-order chi connectivity index (χ1) is 9.52. The van der Waals surface area contributed by atoms with Gasteiger partial charge in [0.25, 0.3) is 5.91 Å². The third-order valence-electron chi connectivity index (χ3n) is 3.85. The Balaban J connectivity index is 2.19. The molecule has 20 heavy (non-hydrogen) atoms. The Labute approximate surface area is 128 Å². The first-order valence-electron chi connectivity index (χ1n) is 6.86. The Morgan fingerprint density at radius 1 is 1.55 bits per heavy atom. The van der Waals surface area contributed by atoms with Crippen molar-refractivity contribution in [1.82, 2.24) is 4.90 Å². The maximum absolute atomic E-state index is 12.7. The molecule has 1 atom stereocenters.